The lowest BCUT2D eigenvalue weighted by Crippen LogP contribution is -2.44. The fraction of sp³-hybridized carbons (Fsp3) is 0.576. The predicted octanol–water partition coefficient (Wildman–Crippen LogP) is 4.75. The monoisotopic (exact) mass is 685 g/mol. The van der Waals surface area contributed by atoms with Crippen molar-refractivity contribution in [2.24, 2.45) is 7.05 Å². The van der Waals surface area contributed by atoms with E-state index in [1.54, 1.807) is 18.7 Å². The van der Waals surface area contributed by atoms with Crippen molar-refractivity contribution in [3.05, 3.63) is 23.4 Å². The molecule has 3 fully saturated rings. The van der Waals surface area contributed by atoms with Crippen molar-refractivity contribution >= 4 is 38.8 Å². The van der Waals surface area contributed by atoms with E-state index in [0.29, 0.717) is 71.4 Å². The maximum Gasteiger partial charge on any atom is 0.417 e. The molecule has 12 nitrogen and oxygen atoms in total. The summed E-state index contributed by atoms with van der Waals surface area (Å²) in [6, 6.07) is 1.53. The summed E-state index contributed by atoms with van der Waals surface area (Å²) in [5.74, 6) is 0.446. The highest BCUT2D eigenvalue weighted by Crippen LogP contribution is 2.47. The van der Waals surface area contributed by atoms with Gasteiger partial charge in [0.25, 0.3) is 0 Å². The lowest BCUT2D eigenvalue weighted by atomic mass is 9.95. The molecule has 3 atom stereocenters. The zero-order valence-corrected chi connectivity index (χ0v) is 27.9. The molecule has 0 spiro atoms. The lowest BCUT2D eigenvalue weighted by Gasteiger charge is -2.31. The average molecular weight is 686 g/mol. The summed E-state index contributed by atoms with van der Waals surface area (Å²) in [7, 11) is 1.69. The first-order chi connectivity index (χ1) is 23.3. The van der Waals surface area contributed by atoms with Gasteiger partial charge in [0.1, 0.15) is 29.9 Å². The fourth-order valence-electron chi connectivity index (χ4n) is 8.42. The number of fused-ring (bicyclic) bond motifs is 5. The minimum absolute atomic E-state index is 0.0444. The molecule has 1 aromatic carbocycles. The largest absolute Gasteiger partial charge is 0.461 e. The van der Waals surface area contributed by atoms with Gasteiger partial charge in [0.05, 0.1) is 59.0 Å². The standard InChI is InChI=1S/C33H39F4N9O3/c1-5-46-27-25(22-20-13-38-41-21(20)11-18(2)24(22)33(35,36)37)42-43(4)26(27)23-28(44-9-10-48-16-31(3,47)15-44)39-30(40-29(23)46)49-17-32-7-6-8-45(32)14-19(34)12-32/h11,13,19,47H,5-10,12,14-17H2,1-4H3,(H,38,41)/t19-,31+,32+/m1/s1. The second kappa shape index (κ2) is 11.3. The van der Waals surface area contributed by atoms with Crippen molar-refractivity contribution < 1.29 is 32.1 Å². The molecule has 0 unspecified atom stereocenters. The van der Waals surface area contributed by atoms with Crippen LogP contribution in [-0.2, 0) is 24.5 Å². The molecule has 2 N–H and O–H groups in total. The zero-order valence-electron chi connectivity index (χ0n) is 27.9. The quantitative estimate of drug-likeness (QED) is 0.244. The van der Waals surface area contributed by atoms with Crippen molar-refractivity contribution in [3.63, 3.8) is 0 Å². The minimum atomic E-state index is -4.67. The Hall–Kier alpha value is -4.02. The molecule has 0 amide bonds. The number of H-pyrrole nitrogens is 1. The summed E-state index contributed by atoms with van der Waals surface area (Å²) >= 11 is 0. The molecule has 0 radical (unpaired) electrons. The van der Waals surface area contributed by atoms with Crippen LogP contribution < -0.4 is 9.64 Å². The van der Waals surface area contributed by atoms with Crippen LogP contribution >= 0.6 is 0 Å². The summed E-state index contributed by atoms with van der Waals surface area (Å²) in [6.45, 7) is 7.75. The molecular formula is C33H39F4N9O3. The van der Waals surface area contributed by atoms with Gasteiger partial charge in [-0.3, -0.25) is 14.7 Å². The molecule has 3 saturated heterocycles. The van der Waals surface area contributed by atoms with Gasteiger partial charge in [-0.25, -0.2) is 4.39 Å². The number of anilines is 1. The highest BCUT2D eigenvalue weighted by molar-refractivity contribution is 6.16. The van der Waals surface area contributed by atoms with Crippen molar-refractivity contribution in [1.82, 2.24) is 39.4 Å². The molecule has 16 heteroatoms. The van der Waals surface area contributed by atoms with Gasteiger partial charge in [-0.1, -0.05) is 0 Å². The number of β-amino-alcohol motifs (C(OH)–C–C–N with tert-alkyl or cyclic N) is 1. The Morgan fingerprint density at radius 3 is 2.80 bits per heavy atom. The first-order valence-electron chi connectivity index (χ1n) is 16.7. The number of rotatable bonds is 6. The number of aliphatic hydroxyl groups is 1. The van der Waals surface area contributed by atoms with Gasteiger partial charge < -0.3 is 24.0 Å². The molecule has 49 heavy (non-hydrogen) atoms. The molecule has 262 valence electrons. The molecule has 3 aliphatic rings. The lowest BCUT2D eigenvalue weighted by molar-refractivity contribution is -0.137. The van der Waals surface area contributed by atoms with Crippen LogP contribution in [0.5, 0.6) is 6.01 Å². The Morgan fingerprint density at radius 1 is 1.20 bits per heavy atom. The second-order valence-electron chi connectivity index (χ2n) is 14.0. The molecular weight excluding hydrogens is 646 g/mol. The number of nitrogens with one attached hydrogen (secondary N) is 1. The van der Waals surface area contributed by atoms with E-state index in [4.69, 9.17) is 24.5 Å². The third kappa shape index (κ3) is 5.12. The molecule has 5 aromatic rings. The Morgan fingerprint density at radius 2 is 2.02 bits per heavy atom. The maximum atomic E-state index is 14.8. The van der Waals surface area contributed by atoms with E-state index < -0.39 is 29.1 Å². The van der Waals surface area contributed by atoms with Gasteiger partial charge >= 0.3 is 12.2 Å². The van der Waals surface area contributed by atoms with E-state index in [9.17, 15) is 22.7 Å². The summed E-state index contributed by atoms with van der Waals surface area (Å²) in [5.41, 5.74) is -0.405. The van der Waals surface area contributed by atoms with E-state index in [1.165, 1.54) is 19.2 Å². The van der Waals surface area contributed by atoms with E-state index in [2.05, 4.69) is 15.1 Å². The summed E-state index contributed by atoms with van der Waals surface area (Å²) in [5, 5.41) is 23.7. The number of aromatic nitrogens is 7. The third-order valence-corrected chi connectivity index (χ3v) is 10.4. The van der Waals surface area contributed by atoms with Crippen molar-refractivity contribution in [1.29, 1.82) is 0 Å². The Labute approximate surface area is 279 Å². The van der Waals surface area contributed by atoms with Crippen LogP contribution in [0.3, 0.4) is 0 Å². The first kappa shape index (κ1) is 32.2. The fourth-order valence-corrected chi connectivity index (χ4v) is 8.42. The van der Waals surface area contributed by atoms with E-state index in [0.717, 1.165) is 19.4 Å². The van der Waals surface area contributed by atoms with Crippen LogP contribution in [0.15, 0.2) is 12.3 Å². The highest BCUT2D eigenvalue weighted by atomic mass is 19.4. The third-order valence-electron chi connectivity index (χ3n) is 10.4. The van der Waals surface area contributed by atoms with E-state index in [-0.39, 0.29) is 42.6 Å². The number of alkyl halides is 4. The molecule has 0 aliphatic carbocycles. The Kier molecular flexibility index (Phi) is 7.39. The predicted molar refractivity (Wildman–Crippen MR) is 175 cm³/mol. The molecule has 7 heterocycles. The summed E-state index contributed by atoms with van der Waals surface area (Å²) in [4.78, 5) is 13.9. The molecule has 0 saturated carbocycles. The van der Waals surface area contributed by atoms with Crippen molar-refractivity contribution in [2.45, 2.75) is 70.1 Å². The smallest absolute Gasteiger partial charge is 0.417 e. The van der Waals surface area contributed by atoms with Gasteiger partial charge in [0.15, 0.2) is 5.65 Å². The van der Waals surface area contributed by atoms with Crippen LogP contribution in [-0.4, -0.2) is 108 Å². The number of halogens is 4. The van der Waals surface area contributed by atoms with Crippen LogP contribution in [0.25, 0.3) is 44.2 Å². The number of hydrogen-bond donors (Lipinski definition) is 2. The second-order valence-corrected chi connectivity index (χ2v) is 14.0. The number of aromatic amines is 1. The first-order valence-corrected chi connectivity index (χ1v) is 16.7. The van der Waals surface area contributed by atoms with Crippen LogP contribution in [0.1, 0.15) is 44.2 Å². The molecule has 8 rings (SSSR count). The maximum absolute atomic E-state index is 14.8. The summed E-state index contributed by atoms with van der Waals surface area (Å²) in [6.07, 6.45) is -2.08. The number of hydrogen-bond acceptors (Lipinski definition) is 9. The minimum Gasteiger partial charge on any atom is -0.461 e. The molecule has 4 aromatic heterocycles. The van der Waals surface area contributed by atoms with E-state index in [1.807, 2.05) is 16.4 Å². The van der Waals surface area contributed by atoms with Gasteiger partial charge in [0, 0.05) is 44.1 Å². The molecule has 0 bridgehead atoms. The van der Waals surface area contributed by atoms with Gasteiger partial charge in [-0.05, 0) is 51.8 Å². The topological polar surface area (TPSA) is 122 Å². The van der Waals surface area contributed by atoms with E-state index >= 15 is 0 Å². The molecule has 3 aliphatic heterocycles. The normalized spacial score (nSPS) is 25.2. The van der Waals surface area contributed by atoms with Crippen molar-refractivity contribution in [2.75, 3.05) is 50.9 Å². The number of ether oxygens (including phenoxy) is 2. The van der Waals surface area contributed by atoms with Crippen LogP contribution in [0.4, 0.5) is 23.4 Å². The van der Waals surface area contributed by atoms with Gasteiger partial charge in [0.2, 0.25) is 0 Å². The average Bonchev–Trinajstić information content (AvgIpc) is 3.81. The van der Waals surface area contributed by atoms with Gasteiger partial charge in [-0.2, -0.15) is 33.3 Å². The number of aryl methyl sites for hydroxylation is 3. The Bertz CT molecular complexity index is 2090. The Balaban J connectivity index is 1.38. The summed E-state index contributed by atoms with van der Waals surface area (Å²) < 4.78 is 74.6. The van der Waals surface area contributed by atoms with Gasteiger partial charge in [-0.15, -0.1) is 0 Å². The van der Waals surface area contributed by atoms with Crippen molar-refractivity contribution in [3.8, 4) is 17.3 Å². The highest BCUT2D eigenvalue weighted by Gasteiger charge is 2.49. The zero-order chi connectivity index (χ0) is 34.5. The number of nitrogens with zero attached hydrogens (tertiary/aromatic N) is 8. The number of benzene rings is 1. The SMILES string of the molecule is CCn1c2nc(OC[C@@]34CCCN3C[C@H](F)C4)nc(N3CCOC[C@@](C)(O)C3)c2c2c1c(-c1c(C(F)(F)F)c(C)cc3[nH]ncc13)nn2C. The van der Waals surface area contributed by atoms with Crippen LogP contribution in [0.2, 0.25) is 0 Å². The van der Waals surface area contributed by atoms with Crippen LogP contribution in [0, 0.1) is 6.92 Å².